The fourth-order valence-corrected chi connectivity index (χ4v) is 2.93. The highest BCUT2D eigenvalue weighted by Crippen LogP contribution is 2.33. The molecule has 0 saturated carbocycles. The monoisotopic (exact) mass is 338 g/mol. The van der Waals surface area contributed by atoms with Crippen molar-refractivity contribution < 1.29 is 4.92 Å². The highest BCUT2D eigenvalue weighted by atomic mass is 79.9. The first-order chi connectivity index (χ1) is 9.65. The van der Waals surface area contributed by atoms with Gasteiger partial charge < -0.3 is 4.90 Å². The van der Waals surface area contributed by atoms with E-state index in [9.17, 15) is 10.1 Å². The molecule has 1 N–H and O–H groups in total. The van der Waals surface area contributed by atoms with E-state index in [1.165, 1.54) is 18.6 Å². The van der Waals surface area contributed by atoms with Gasteiger partial charge in [-0.1, -0.05) is 0 Å². The van der Waals surface area contributed by atoms with Gasteiger partial charge in [-0.2, -0.15) is 5.10 Å². The highest BCUT2D eigenvalue weighted by molar-refractivity contribution is 9.10. The summed E-state index contributed by atoms with van der Waals surface area (Å²) < 4.78 is 0.630. The SMILES string of the molecule is O=[N+]([O-])c1cnc(N2CCC(c3ncn[nH]3)C2)c(Br)c1. The molecular weight excluding hydrogens is 328 g/mol. The normalized spacial score (nSPS) is 18.4. The molecule has 1 fully saturated rings. The van der Waals surface area contributed by atoms with Crippen molar-refractivity contribution in [2.45, 2.75) is 12.3 Å². The summed E-state index contributed by atoms with van der Waals surface area (Å²) in [5, 5.41) is 17.4. The predicted molar refractivity (Wildman–Crippen MR) is 74.5 cm³/mol. The lowest BCUT2D eigenvalue weighted by atomic mass is 10.1. The second kappa shape index (κ2) is 5.16. The van der Waals surface area contributed by atoms with Gasteiger partial charge in [0.05, 0.1) is 9.40 Å². The molecule has 20 heavy (non-hydrogen) atoms. The molecule has 0 aliphatic carbocycles. The van der Waals surface area contributed by atoms with Crippen molar-refractivity contribution in [1.29, 1.82) is 0 Å². The first-order valence-electron chi connectivity index (χ1n) is 6.05. The van der Waals surface area contributed by atoms with Gasteiger partial charge in [0.2, 0.25) is 0 Å². The van der Waals surface area contributed by atoms with E-state index in [0.717, 1.165) is 31.2 Å². The lowest BCUT2D eigenvalue weighted by molar-refractivity contribution is -0.385. The number of nitrogens with one attached hydrogen (secondary N) is 1. The Morgan fingerprint density at radius 3 is 3.00 bits per heavy atom. The molecule has 3 heterocycles. The van der Waals surface area contributed by atoms with Crippen molar-refractivity contribution in [3.63, 3.8) is 0 Å². The van der Waals surface area contributed by atoms with Crippen molar-refractivity contribution >= 4 is 27.4 Å². The molecule has 0 aromatic carbocycles. The number of nitrogens with zero attached hydrogens (tertiary/aromatic N) is 5. The molecule has 1 aliphatic rings. The fraction of sp³-hybridized carbons (Fsp3) is 0.364. The van der Waals surface area contributed by atoms with Crippen LogP contribution in [-0.4, -0.2) is 38.2 Å². The highest BCUT2D eigenvalue weighted by Gasteiger charge is 2.28. The summed E-state index contributed by atoms with van der Waals surface area (Å²) in [6.45, 7) is 1.59. The van der Waals surface area contributed by atoms with Crippen molar-refractivity contribution in [2.24, 2.45) is 0 Å². The van der Waals surface area contributed by atoms with E-state index in [1.807, 2.05) is 0 Å². The molecule has 0 spiro atoms. The number of halogens is 1. The number of nitro groups is 1. The average Bonchev–Trinajstić information content (AvgIpc) is 3.09. The molecule has 104 valence electrons. The maximum absolute atomic E-state index is 10.7. The second-order valence-corrected chi connectivity index (χ2v) is 5.41. The van der Waals surface area contributed by atoms with Crippen LogP contribution in [0.3, 0.4) is 0 Å². The molecular formula is C11H11BrN6O2. The zero-order valence-corrected chi connectivity index (χ0v) is 11.9. The molecule has 0 radical (unpaired) electrons. The van der Waals surface area contributed by atoms with Gasteiger partial charge >= 0.3 is 0 Å². The van der Waals surface area contributed by atoms with E-state index in [0.29, 0.717) is 4.47 Å². The van der Waals surface area contributed by atoms with Gasteiger partial charge in [0.1, 0.15) is 24.2 Å². The molecule has 0 bridgehead atoms. The summed E-state index contributed by atoms with van der Waals surface area (Å²) >= 11 is 3.35. The molecule has 3 rings (SSSR count). The van der Waals surface area contributed by atoms with Gasteiger partial charge in [0, 0.05) is 25.1 Å². The van der Waals surface area contributed by atoms with Crippen LogP contribution in [0.1, 0.15) is 18.2 Å². The Bertz CT molecular complexity index is 632. The number of H-pyrrole nitrogens is 1. The Hall–Kier alpha value is -2.03. The Morgan fingerprint density at radius 2 is 2.35 bits per heavy atom. The van der Waals surface area contributed by atoms with E-state index in [2.05, 4.69) is 41.0 Å². The Morgan fingerprint density at radius 1 is 1.50 bits per heavy atom. The number of aromatic amines is 1. The first kappa shape index (κ1) is 13.0. The van der Waals surface area contributed by atoms with Gasteiger partial charge in [-0.3, -0.25) is 15.2 Å². The van der Waals surface area contributed by atoms with Crippen LogP contribution in [-0.2, 0) is 0 Å². The molecule has 0 amide bonds. The average molecular weight is 339 g/mol. The van der Waals surface area contributed by atoms with E-state index < -0.39 is 4.92 Å². The van der Waals surface area contributed by atoms with Crippen LogP contribution in [0.15, 0.2) is 23.1 Å². The number of hydrogen-bond acceptors (Lipinski definition) is 6. The van der Waals surface area contributed by atoms with Crippen molar-refractivity contribution in [3.8, 4) is 0 Å². The minimum Gasteiger partial charge on any atom is -0.355 e. The summed E-state index contributed by atoms with van der Waals surface area (Å²) in [7, 11) is 0. The van der Waals surface area contributed by atoms with Crippen molar-refractivity contribution in [3.05, 3.63) is 39.0 Å². The number of aromatic nitrogens is 4. The zero-order chi connectivity index (χ0) is 14.1. The number of rotatable bonds is 3. The summed E-state index contributed by atoms with van der Waals surface area (Å²) in [6, 6.07) is 1.48. The molecule has 2 aromatic heterocycles. The van der Waals surface area contributed by atoms with Crippen LogP contribution >= 0.6 is 15.9 Å². The van der Waals surface area contributed by atoms with Crippen LogP contribution in [0, 0.1) is 10.1 Å². The fourth-order valence-electron chi connectivity index (χ4n) is 2.34. The molecule has 1 saturated heterocycles. The standard InChI is InChI=1S/C11H11BrN6O2/c12-9-3-8(18(19)20)4-13-11(9)17-2-1-7(5-17)10-14-6-15-16-10/h3-4,6-7H,1-2,5H2,(H,14,15,16). The lowest BCUT2D eigenvalue weighted by Crippen LogP contribution is -2.21. The lowest BCUT2D eigenvalue weighted by Gasteiger charge is -2.18. The Labute approximate surface area is 122 Å². The number of anilines is 1. The van der Waals surface area contributed by atoms with Gasteiger partial charge in [-0.25, -0.2) is 9.97 Å². The van der Waals surface area contributed by atoms with Crippen LogP contribution in [0.25, 0.3) is 0 Å². The van der Waals surface area contributed by atoms with Gasteiger partial charge in [-0.05, 0) is 22.4 Å². The molecule has 9 heteroatoms. The van der Waals surface area contributed by atoms with Crippen molar-refractivity contribution in [2.75, 3.05) is 18.0 Å². The number of hydrogen-bond donors (Lipinski definition) is 1. The summed E-state index contributed by atoms with van der Waals surface area (Å²) in [5.74, 6) is 1.87. The predicted octanol–water partition coefficient (Wildman–Crippen LogP) is 1.86. The molecule has 1 unspecified atom stereocenters. The summed E-state index contributed by atoms with van der Waals surface area (Å²) in [5.41, 5.74) is -0.0217. The third-order valence-electron chi connectivity index (χ3n) is 3.33. The minimum atomic E-state index is -0.456. The third kappa shape index (κ3) is 2.36. The topological polar surface area (TPSA) is 101 Å². The van der Waals surface area contributed by atoms with Gasteiger partial charge in [-0.15, -0.1) is 0 Å². The smallest absolute Gasteiger partial charge is 0.288 e. The molecule has 8 nitrogen and oxygen atoms in total. The van der Waals surface area contributed by atoms with Gasteiger partial charge in [0.15, 0.2) is 0 Å². The first-order valence-corrected chi connectivity index (χ1v) is 6.84. The van der Waals surface area contributed by atoms with Crippen molar-refractivity contribution in [1.82, 2.24) is 20.2 Å². The molecule has 1 atom stereocenters. The third-order valence-corrected chi connectivity index (χ3v) is 3.91. The maximum Gasteiger partial charge on any atom is 0.288 e. The maximum atomic E-state index is 10.7. The summed E-state index contributed by atoms with van der Waals surface area (Å²) in [4.78, 5) is 20.7. The van der Waals surface area contributed by atoms with E-state index in [-0.39, 0.29) is 11.6 Å². The van der Waals surface area contributed by atoms with E-state index >= 15 is 0 Å². The zero-order valence-electron chi connectivity index (χ0n) is 10.4. The van der Waals surface area contributed by atoms with E-state index in [4.69, 9.17) is 0 Å². The van der Waals surface area contributed by atoms with E-state index in [1.54, 1.807) is 0 Å². The minimum absolute atomic E-state index is 0.0217. The second-order valence-electron chi connectivity index (χ2n) is 4.56. The molecule has 1 aliphatic heterocycles. The Balaban J connectivity index is 1.79. The Kier molecular flexibility index (Phi) is 3.35. The largest absolute Gasteiger partial charge is 0.355 e. The summed E-state index contributed by atoms with van der Waals surface area (Å²) in [6.07, 6.45) is 3.72. The van der Waals surface area contributed by atoms with Crippen LogP contribution in [0.2, 0.25) is 0 Å². The quantitative estimate of drug-likeness (QED) is 0.677. The van der Waals surface area contributed by atoms with Gasteiger partial charge in [0.25, 0.3) is 5.69 Å². The number of pyridine rings is 1. The van der Waals surface area contributed by atoms with Crippen LogP contribution in [0.5, 0.6) is 0 Å². The van der Waals surface area contributed by atoms with Crippen LogP contribution in [0.4, 0.5) is 11.5 Å². The molecule has 2 aromatic rings. The van der Waals surface area contributed by atoms with Crippen LogP contribution < -0.4 is 4.90 Å².